The van der Waals surface area contributed by atoms with Gasteiger partial charge in [-0.15, -0.1) is 0 Å². The number of nitrogens with zero attached hydrogens (tertiary/aromatic N) is 1. The van der Waals surface area contributed by atoms with Gasteiger partial charge in [-0.1, -0.05) is 24.3 Å². The molecule has 0 aliphatic carbocycles. The van der Waals surface area contributed by atoms with Gasteiger partial charge in [-0.3, -0.25) is 14.9 Å². The predicted molar refractivity (Wildman–Crippen MR) is 85.3 cm³/mol. The number of hydrogen-bond donors (Lipinski definition) is 1. The molecule has 0 unspecified atom stereocenters. The molecule has 2 aromatic carbocycles. The van der Waals surface area contributed by atoms with Crippen molar-refractivity contribution in [3.63, 3.8) is 0 Å². The number of hydrogen-bond acceptors (Lipinski definition) is 3. The molecular formula is C17H14N2O3. The highest BCUT2D eigenvalue weighted by Crippen LogP contribution is 2.33. The maximum absolute atomic E-state index is 11.5. The number of aldehydes is 1. The zero-order valence-electron chi connectivity index (χ0n) is 12.2. The van der Waals surface area contributed by atoms with Crippen LogP contribution in [0.2, 0.25) is 0 Å². The largest absolute Gasteiger partial charge is 0.354 e. The van der Waals surface area contributed by atoms with E-state index in [0.29, 0.717) is 16.8 Å². The zero-order chi connectivity index (χ0) is 15.9. The lowest BCUT2D eigenvalue weighted by Gasteiger charge is -2.00. The summed E-state index contributed by atoms with van der Waals surface area (Å²) in [5.41, 5.74) is 4.85. The summed E-state index contributed by atoms with van der Waals surface area (Å²) in [4.78, 5) is 25.3. The lowest BCUT2D eigenvalue weighted by Crippen LogP contribution is -1.89. The maximum Gasteiger partial charge on any atom is 0.270 e. The van der Waals surface area contributed by atoms with E-state index in [4.69, 9.17) is 0 Å². The minimum absolute atomic E-state index is 0.000840. The maximum atomic E-state index is 11.5. The molecule has 0 amide bonds. The van der Waals surface area contributed by atoms with Gasteiger partial charge in [0.2, 0.25) is 0 Å². The van der Waals surface area contributed by atoms with Gasteiger partial charge in [-0.25, -0.2) is 0 Å². The first-order valence-corrected chi connectivity index (χ1v) is 6.85. The molecule has 110 valence electrons. The van der Waals surface area contributed by atoms with Crippen LogP contribution in [0.4, 0.5) is 5.69 Å². The number of aryl methyl sites for hydroxylation is 2. The summed E-state index contributed by atoms with van der Waals surface area (Å²) in [6.45, 7) is 3.99. The third-order valence-electron chi connectivity index (χ3n) is 4.01. The molecular weight excluding hydrogens is 280 g/mol. The Morgan fingerprint density at radius 3 is 2.64 bits per heavy atom. The van der Waals surface area contributed by atoms with Crippen LogP contribution in [0.3, 0.4) is 0 Å². The second kappa shape index (κ2) is 5.11. The summed E-state index contributed by atoms with van der Waals surface area (Å²) in [5.74, 6) is 0. The Morgan fingerprint density at radius 2 is 1.95 bits per heavy atom. The molecule has 0 aliphatic heterocycles. The molecule has 3 aromatic rings. The number of fused-ring (bicyclic) bond motifs is 1. The van der Waals surface area contributed by atoms with E-state index in [1.54, 1.807) is 12.1 Å². The highest BCUT2D eigenvalue weighted by atomic mass is 16.6. The SMILES string of the molecule is Cc1ccc2c(C=O)c(-c3cccc([N+](=O)[O-])c3)[nH]c2c1C. The van der Waals surface area contributed by atoms with Crippen molar-refractivity contribution in [1.82, 2.24) is 4.98 Å². The van der Waals surface area contributed by atoms with Gasteiger partial charge >= 0.3 is 0 Å². The molecule has 0 saturated heterocycles. The fourth-order valence-corrected chi connectivity index (χ4v) is 2.65. The number of carbonyl (C=O) groups is 1. The third kappa shape index (κ3) is 2.07. The summed E-state index contributed by atoms with van der Waals surface area (Å²) in [5, 5.41) is 11.8. The number of benzene rings is 2. The summed E-state index contributed by atoms with van der Waals surface area (Å²) >= 11 is 0. The van der Waals surface area contributed by atoms with Gasteiger partial charge in [0.05, 0.1) is 10.6 Å². The molecule has 0 aliphatic rings. The van der Waals surface area contributed by atoms with E-state index in [1.165, 1.54) is 12.1 Å². The Morgan fingerprint density at radius 1 is 1.18 bits per heavy atom. The van der Waals surface area contributed by atoms with E-state index in [9.17, 15) is 14.9 Å². The molecule has 0 fully saturated rings. The van der Waals surface area contributed by atoms with Crippen molar-refractivity contribution in [2.45, 2.75) is 13.8 Å². The van der Waals surface area contributed by atoms with Crippen molar-refractivity contribution in [1.29, 1.82) is 0 Å². The first-order valence-electron chi connectivity index (χ1n) is 6.85. The molecule has 0 radical (unpaired) electrons. The number of rotatable bonds is 3. The van der Waals surface area contributed by atoms with Crippen molar-refractivity contribution in [3.8, 4) is 11.3 Å². The Labute approximate surface area is 126 Å². The highest BCUT2D eigenvalue weighted by molar-refractivity contribution is 6.05. The Balaban J connectivity index is 2.31. The lowest BCUT2D eigenvalue weighted by molar-refractivity contribution is -0.384. The van der Waals surface area contributed by atoms with Gasteiger partial charge in [0.1, 0.15) is 0 Å². The summed E-state index contributed by atoms with van der Waals surface area (Å²) in [6, 6.07) is 10.1. The molecule has 1 heterocycles. The summed E-state index contributed by atoms with van der Waals surface area (Å²) < 4.78 is 0. The zero-order valence-corrected chi connectivity index (χ0v) is 12.2. The van der Waals surface area contributed by atoms with Crippen molar-refractivity contribution < 1.29 is 9.72 Å². The van der Waals surface area contributed by atoms with Gasteiger partial charge in [-0.05, 0) is 25.0 Å². The van der Waals surface area contributed by atoms with Gasteiger partial charge in [0.15, 0.2) is 6.29 Å². The molecule has 22 heavy (non-hydrogen) atoms. The van der Waals surface area contributed by atoms with Gasteiger partial charge in [0.25, 0.3) is 5.69 Å². The number of aromatic nitrogens is 1. The van der Waals surface area contributed by atoms with Crippen LogP contribution in [0.15, 0.2) is 36.4 Å². The van der Waals surface area contributed by atoms with Crippen LogP contribution in [0.5, 0.6) is 0 Å². The number of nitro benzene ring substituents is 1. The molecule has 0 atom stereocenters. The number of carbonyl (C=O) groups excluding carboxylic acids is 1. The highest BCUT2D eigenvalue weighted by Gasteiger charge is 2.16. The Kier molecular flexibility index (Phi) is 3.25. The number of H-pyrrole nitrogens is 1. The molecule has 1 aromatic heterocycles. The van der Waals surface area contributed by atoms with Gasteiger partial charge in [0, 0.05) is 34.2 Å². The fraction of sp³-hybridized carbons (Fsp3) is 0.118. The second-order valence-electron chi connectivity index (χ2n) is 5.27. The van der Waals surface area contributed by atoms with Crippen molar-refractivity contribution in [2.24, 2.45) is 0 Å². The average Bonchev–Trinajstić information content (AvgIpc) is 2.90. The van der Waals surface area contributed by atoms with Gasteiger partial charge in [-0.2, -0.15) is 0 Å². The monoisotopic (exact) mass is 294 g/mol. The van der Waals surface area contributed by atoms with Crippen LogP contribution >= 0.6 is 0 Å². The number of nitro groups is 1. The normalized spacial score (nSPS) is 10.8. The van der Waals surface area contributed by atoms with Crippen molar-refractivity contribution >= 4 is 22.9 Å². The summed E-state index contributed by atoms with van der Waals surface area (Å²) in [6.07, 6.45) is 0.793. The molecule has 5 heteroatoms. The molecule has 0 saturated carbocycles. The quantitative estimate of drug-likeness (QED) is 0.447. The molecule has 3 rings (SSSR count). The minimum atomic E-state index is -0.442. The van der Waals surface area contributed by atoms with E-state index in [-0.39, 0.29) is 5.69 Å². The van der Waals surface area contributed by atoms with E-state index in [0.717, 1.165) is 28.3 Å². The van der Waals surface area contributed by atoms with E-state index in [1.807, 2.05) is 26.0 Å². The average molecular weight is 294 g/mol. The van der Waals surface area contributed by atoms with Crippen LogP contribution in [0, 0.1) is 24.0 Å². The van der Waals surface area contributed by atoms with Crippen LogP contribution in [-0.4, -0.2) is 16.2 Å². The standard InChI is InChI=1S/C17H14N2O3/c1-10-6-7-14-15(9-20)17(18-16(14)11(10)2)12-4-3-5-13(8-12)19(21)22/h3-9,18H,1-2H3. The van der Waals surface area contributed by atoms with Crippen LogP contribution in [-0.2, 0) is 0 Å². The first kappa shape index (κ1) is 14.0. The summed E-state index contributed by atoms with van der Waals surface area (Å²) in [7, 11) is 0. The molecule has 0 spiro atoms. The Hall–Kier alpha value is -2.95. The van der Waals surface area contributed by atoms with E-state index >= 15 is 0 Å². The fourth-order valence-electron chi connectivity index (χ4n) is 2.65. The molecule has 5 nitrogen and oxygen atoms in total. The van der Waals surface area contributed by atoms with Gasteiger partial charge < -0.3 is 4.98 Å². The number of nitrogens with one attached hydrogen (secondary N) is 1. The first-order chi connectivity index (χ1) is 10.5. The third-order valence-corrected chi connectivity index (χ3v) is 4.01. The van der Waals surface area contributed by atoms with Crippen molar-refractivity contribution in [3.05, 3.63) is 63.2 Å². The van der Waals surface area contributed by atoms with E-state index < -0.39 is 4.92 Å². The second-order valence-corrected chi connectivity index (χ2v) is 5.27. The smallest absolute Gasteiger partial charge is 0.270 e. The van der Waals surface area contributed by atoms with Crippen LogP contribution < -0.4 is 0 Å². The topological polar surface area (TPSA) is 76.0 Å². The number of non-ortho nitro benzene ring substituents is 1. The molecule has 1 N–H and O–H groups in total. The minimum Gasteiger partial charge on any atom is -0.354 e. The Bertz CT molecular complexity index is 910. The number of aromatic amines is 1. The lowest BCUT2D eigenvalue weighted by atomic mass is 10.0. The van der Waals surface area contributed by atoms with E-state index in [2.05, 4.69) is 4.98 Å². The van der Waals surface area contributed by atoms with Crippen LogP contribution in [0.25, 0.3) is 22.2 Å². The predicted octanol–water partition coefficient (Wildman–Crippen LogP) is 4.17. The van der Waals surface area contributed by atoms with Crippen LogP contribution in [0.1, 0.15) is 21.5 Å². The molecule has 0 bridgehead atoms. The van der Waals surface area contributed by atoms with Crippen molar-refractivity contribution in [2.75, 3.05) is 0 Å².